The van der Waals surface area contributed by atoms with Crippen LogP contribution in [0.5, 0.6) is 0 Å². The van der Waals surface area contributed by atoms with Crippen molar-refractivity contribution in [1.82, 2.24) is 0 Å². The monoisotopic (exact) mass is 272 g/mol. The Morgan fingerprint density at radius 3 is 2.84 bits per heavy atom. The summed E-state index contributed by atoms with van der Waals surface area (Å²) in [7, 11) is 0. The minimum Gasteiger partial charge on any atom is -0.478 e. The van der Waals surface area contributed by atoms with Crippen LogP contribution in [-0.2, 0) is 6.54 Å². The Bertz CT molecular complexity index is 656. The quantitative estimate of drug-likeness (QED) is 0.896. The zero-order valence-electron chi connectivity index (χ0n) is 10.3. The van der Waals surface area contributed by atoms with Crippen LogP contribution in [0.1, 0.15) is 25.7 Å². The summed E-state index contributed by atoms with van der Waals surface area (Å²) in [5.74, 6) is -0.939. The topological polar surface area (TPSA) is 73.1 Å². The van der Waals surface area contributed by atoms with Crippen LogP contribution in [0.2, 0.25) is 0 Å². The van der Waals surface area contributed by atoms with Gasteiger partial charge >= 0.3 is 5.97 Å². The Labute approximate surface area is 114 Å². The molecule has 0 aliphatic heterocycles. The third-order valence-electron chi connectivity index (χ3n) is 2.71. The van der Waals surface area contributed by atoms with E-state index < -0.39 is 5.97 Å². The molecule has 0 aliphatic carbocycles. The molecular weight excluding hydrogens is 260 g/mol. The zero-order chi connectivity index (χ0) is 13.8. The van der Waals surface area contributed by atoms with E-state index in [2.05, 4.69) is 11.4 Å². The van der Waals surface area contributed by atoms with Gasteiger partial charge in [0.1, 0.15) is 10.9 Å². The smallest absolute Gasteiger partial charge is 0.335 e. The summed E-state index contributed by atoms with van der Waals surface area (Å²) in [4.78, 5) is 12.6. The van der Waals surface area contributed by atoms with E-state index >= 15 is 0 Å². The lowest BCUT2D eigenvalue weighted by atomic mass is 10.1. The summed E-state index contributed by atoms with van der Waals surface area (Å²) in [6.07, 6.45) is 0. The third-order valence-corrected chi connectivity index (χ3v) is 3.70. The second-order valence-corrected chi connectivity index (χ2v) is 5.23. The van der Waals surface area contributed by atoms with Gasteiger partial charge in [-0.05, 0) is 36.8 Å². The highest BCUT2D eigenvalue weighted by Crippen LogP contribution is 2.20. The SMILES string of the molecule is Cc1ccc(C(=O)O)cc1NCc1ccc(C#N)s1. The van der Waals surface area contributed by atoms with Crippen molar-refractivity contribution in [2.45, 2.75) is 13.5 Å². The number of carboxylic acids is 1. The maximum atomic E-state index is 10.9. The number of nitrogens with one attached hydrogen (secondary N) is 1. The van der Waals surface area contributed by atoms with Gasteiger partial charge in [-0.2, -0.15) is 5.26 Å². The van der Waals surface area contributed by atoms with E-state index in [1.54, 1.807) is 24.3 Å². The first-order valence-electron chi connectivity index (χ1n) is 5.67. The van der Waals surface area contributed by atoms with Crippen LogP contribution in [-0.4, -0.2) is 11.1 Å². The summed E-state index contributed by atoms with van der Waals surface area (Å²) in [5.41, 5.74) is 2.05. The predicted molar refractivity (Wildman–Crippen MR) is 74.5 cm³/mol. The van der Waals surface area contributed by atoms with Crippen molar-refractivity contribution in [2.75, 3.05) is 5.32 Å². The Kier molecular flexibility index (Phi) is 3.83. The average Bonchev–Trinajstić information content (AvgIpc) is 2.85. The van der Waals surface area contributed by atoms with Gasteiger partial charge in [0.15, 0.2) is 0 Å². The molecule has 0 aliphatic rings. The second-order valence-electron chi connectivity index (χ2n) is 4.07. The van der Waals surface area contributed by atoms with E-state index in [1.807, 2.05) is 13.0 Å². The van der Waals surface area contributed by atoms with Crippen molar-refractivity contribution >= 4 is 23.0 Å². The minimum absolute atomic E-state index is 0.261. The number of aromatic carboxylic acids is 1. The lowest BCUT2D eigenvalue weighted by Crippen LogP contribution is -2.02. The summed E-state index contributed by atoms with van der Waals surface area (Å²) in [6.45, 7) is 2.50. The Morgan fingerprint density at radius 2 is 2.21 bits per heavy atom. The zero-order valence-corrected chi connectivity index (χ0v) is 11.1. The number of carboxylic acid groups (broad SMARTS) is 1. The number of hydrogen-bond donors (Lipinski definition) is 2. The van der Waals surface area contributed by atoms with Gasteiger partial charge in [-0.1, -0.05) is 6.07 Å². The first kappa shape index (κ1) is 13.1. The molecule has 2 aromatic rings. The number of nitriles is 1. The van der Waals surface area contributed by atoms with Crippen LogP contribution < -0.4 is 5.32 Å². The Hall–Kier alpha value is -2.32. The van der Waals surface area contributed by atoms with Crippen LogP contribution in [0, 0.1) is 18.3 Å². The molecule has 0 saturated heterocycles. The van der Waals surface area contributed by atoms with E-state index in [0.29, 0.717) is 11.4 Å². The maximum absolute atomic E-state index is 10.9. The molecule has 0 atom stereocenters. The average molecular weight is 272 g/mol. The molecule has 96 valence electrons. The highest BCUT2D eigenvalue weighted by molar-refractivity contribution is 7.12. The van der Waals surface area contributed by atoms with Crippen LogP contribution in [0.15, 0.2) is 30.3 Å². The van der Waals surface area contributed by atoms with Crippen molar-refractivity contribution in [3.8, 4) is 6.07 Å². The first-order chi connectivity index (χ1) is 9.10. The standard InChI is InChI=1S/C14H12N2O2S/c1-9-2-3-10(14(17)18)6-13(9)16-8-12-5-4-11(7-15)19-12/h2-6,16H,8H2,1H3,(H,17,18). The van der Waals surface area contributed by atoms with E-state index in [1.165, 1.54) is 11.3 Å². The molecule has 0 fully saturated rings. The second kappa shape index (κ2) is 5.55. The van der Waals surface area contributed by atoms with Crippen LogP contribution >= 0.6 is 11.3 Å². The number of rotatable bonds is 4. The number of hydrogen-bond acceptors (Lipinski definition) is 4. The predicted octanol–water partition coefficient (Wildman–Crippen LogP) is 3.24. The molecule has 2 N–H and O–H groups in total. The van der Waals surface area contributed by atoms with Gasteiger partial charge in [0, 0.05) is 17.1 Å². The largest absolute Gasteiger partial charge is 0.478 e. The molecule has 0 bridgehead atoms. The molecule has 1 aromatic heterocycles. The molecule has 1 heterocycles. The van der Waals surface area contributed by atoms with Crippen molar-refractivity contribution in [3.63, 3.8) is 0 Å². The highest BCUT2D eigenvalue weighted by Gasteiger charge is 2.06. The number of aryl methyl sites for hydroxylation is 1. The van der Waals surface area contributed by atoms with Crippen molar-refractivity contribution in [1.29, 1.82) is 5.26 Å². The normalized spacial score (nSPS) is 9.89. The lowest BCUT2D eigenvalue weighted by Gasteiger charge is -2.09. The lowest BCUT2D eigenvalue weighted by molar-refractivity contribution is 0.0697. The Balaban J connectivity index is 2.12. The summed E-state index contributed by atoms with van der Waals surface area (Å²) in [5, 5.41) is 20.9. The van der Waals surface area contributed by atoms with E-state index in [0.717, 1.165) is 16.1 Å². The van der Waals surface area contributed by atoms with Gasteiger partial charge in [0.05, 0.1) is 5.56 Å². The van der Waals surface area contributed by atoms with E-state index in [4.69, 9.17) is 10.4 Å². The van der Waals surface area contributed by atoms with E-state index in [-0.39, 0.29) is 5.56 Å². The van der Waals surface area contributed by atoms with Gasteiger partial charge in [-0.15, -0.1) is 11.3 Å². The summed E-state index contributed by atoms with van der Waals surface area (Å²) < 4.78 is 0. The molecule has 0 radical (unpaired) electrons. The van der Waals surface area contributed by atoms with Gasteiger partial charge in [-0.3, -0.25) is 0 Å². The molecule has 0 unspecified atom stereocenters. The van der Waals surface area contributed by atoms with Gasteiger partial charge in [0.25, 0.3) is 0 Å². The fourth-order valence-electron chi connectivity index (χ4n) is 1.66. The fraction of sp³-hybridized carbons (Fsp3) is 0.143. The molecule has 5 heteroatoms. The summed E-state index contributed by atoms with van der Waals surface area (Å²) >= 11 is 1.43. The number of nitrogens with zero attached hydrogens (tertiary/aromatic N) is 1. The molecule has 4 nitrogen and oxygen atoms in total. The van der Waals surface area contributed by atoms with Crippen molar-refractivity contribution in [3.05, 3.63) is 51.2 Å². The highest BCUT2D eigenvalue weighted by atomic mass is 32.1. The number of thiophene rings is 1. The minimum atomic E-state index is -0.939. The van der Waals surface area contributed by atoms with Crippen LogP contribution in [0.4, 0.5) is 5.69 Å². The van der Waals surface area contributed by atoms with Crippen molar-refractivity contribution in [2.24, 2.45) is 0 Å². The first-order valence-corrected chi connectivity index (χ1v) is 6.48. The molecule has 1 aromatic carbocycles. The molecule has 0 amide bonds. The molecule has 0 spiro atoms. The van der Waals surface area contributed by atoms with Gasteiger partial charge in [-0.25, -0.2) is 4.79 Å². The number of anilines is 1. The maximum Gasteiger partial charge on any atom is 0.335 e. The molecule has 19 heavy (non-hydrogen) atoms. The van der Waals surface area contributed by atoms with Gasteiger partial charge in [0.2, 0.25) is 0 Å². The number of benzene rings is 1. The molecule has 0 saturated carbocycles. The molecule has 2 rings (SSSR count). The third kappa shape index (κ3) is 3.12. The van der Waals surface area contributed by atoms with Crippen LogP contribution in [0.3, 0.4) is 0 Å². The van der Waals surface area contributed by atoms with Crippen LogP contribution in [0.25, 0.3) is 0 Å². The van der Waals surface area contributed by atoms with E-state index in [9.17, 15) is 4.79 Å². The van der Waals surface area contributed by atoms with Gasteiger partial charge < -0.3 is 10.4 Å². The van der Waals surface area contributed by atoms with Crippen molar-refractivity contribution < 1.29 is 9.90 Å². The number of carbonyl (C=O) groups is 1. The molecular formula is C14H12N2O2S. The fourth-order valence-corrected chi connectivity index (χ4v) is 2.41. The Morgan fingerprint density at radius 1 is 1.42 bits per heavy atom. The summed E-state index contributed by atoms with van der Waals surface area (Å²) in [6, 6.07) is 10.8.